The second kappa shape index (κ2) is 7.98. The third-order valence-corrected chi connectivity index (χ3v) is 6.97. The number of sulfonamides is 1. The number of nitrogens with zero attached hydrogens (tertiary/aromatic N) is 4. The molecule has 0 radical (unpaired) electrons. The van der Waals surface area contributed by atoms with Crippen LogP contribution in [-0.2, 0) is 10.0 Å². The molecule has 1 fully saturated rings. The van der Waals surface area contributed by atoms with E-state index in [2.05, 4.69) is 5.10 Å². The van der Waals surface area contributed by atoms with Crippen molar-refractivity contribution in [1.29, 1.82) is 0 Å². The van der Waals surface area contributed by atoms with E-state index < -0.39 is 10.0 Å². The molecule has 1 aliphatic heterocycles. The van der Waals surface area contributed by atoms with Gasteiger partial charge in [-0.1, -0.05) is 29.8 Å². The van der Waals surface area contributed by atoms with E-state index in [1.54, 1.807) is 18.2 Å². The highest BCUT2D eigenvalue weighted by Crippen LogP contribution is 2.21. The van der Waals surface area contributed by atoms with Gasteiger partial charge in [0.05, 0.1) is 10.6 Å². The van der Waals surface area contributed by atoms with Crippen molar-refractivity contribution in [2.24, 2.45) is 0 Å². The molecule has 0 bridgehead atoms. The summed E-state index contributed by atoms with van der Waals surface area (Å²) < 4.78 is 28.5. The standard InChI is InChI=1S/C20H19ClN4O3S/c21-16-6-8-18(9-7-16)29(27,28)24-14-12-23(13-15-24)19-10-11-20(26)25(22-19)17-4-2-1-3-5-17/h1-11H,12-15H2. The van der Waals surface area contributed by atoms with Gasteiger partial charge in [-0.15, -0.1) is 5.10 Å². The Kier molecular flexibility index (Phi) is 5.40. The van der Waals surface area contributed by atoms with Crippen LogP contribution in [0.4, 0.5) is 5.82 Å². The van der Waals surface area contributed by atoms with Crippen molar-refractivity contribution < 1.29 is 8.42 Å². The molecule has 0 amide bonds. The number of hydrogen-bond acceptors (Lipinski definition) is 5. The molecule has 0 N–H and O–H groups in total. The Morgan fingerprint density at radius 2 is 1.48 bits per heavy atom. The Hall–Kier alpha value is -2.68. The second-order valence-corrected chi connectivity index (χ2v) is 9.00. The summed E-state index contributed by atoms with van der Waals surface area (Å²) in [7, 11) is -3.57. The van der Waals surface area contributed by atoms with E-state index >= 15 is 0 Å². The Morgan fingerprint density at radius 1 is 0.828 bits per heavy atom. The number of rotatable bonds is 4. The average molecular weight is 431 g/mol. The van der Waals surface area contributed by atoms with Crippen LogP contribution in [-0.4, -0.2) is 48.7 Å². The highest BCUT2D eigenvalue weighted by molar-refractivity contribution is 7.89. The lowest BCUT2D eigenvalue weighted by molar-refractivity contribution is 0.383. The first-order valence-corrected chi connectivity index (χ1v) is 10.9. The minimum absolute atomic E-state index is 0.219. The number of piperazine rings is 1. The van der Waals surface area contributed by atoms with Crippen molar-refractivity contribution >= 4 is 27.4 Å². The third-order valence-electron chi connectivity index (χ3n) is 4.80. The summed E-state index contributed by atoms with van der Waals surface area (Å²) in [5.41, 5.74) is 0.465. The van der Waals surface area contributed by atoms with Crippen molar-refractivity contribution in [3.8, 4) is 5.69 Å². The number of halogens is 1. The van der Waals surface area contributed by atoms with Crippen molar-refractivity contribution in [3.63, 3.8) is 0 Å². The summed E-state index contributed by atoms with van der Waals surface area (Å²) in [6.07, 6.45) is 0. The molecule has 0 aliphatic carbocycles. The summed E-state index contributed by atoms with van der Waals surface area (Å²) in [5.74, 6) is 0.636. The highest BCUT2D eigenvalue weighted by atomic mass is 35.5. The maximum atomic E-state index is 12.8. The van der Waals surface area contributed by atoms with Crippen LogP contribution in [0, 0.1) is 0 Å². The summed E-state index contributed by atoms with van der Waals surface area (Å²) in [4.78, 5) is 14.4. The van der Waals surface area contributed by atoms with Crippen molar-refractivity contribution in [2.75, 3.05) is 31.1 Å². The van der Waals surface area contributed by atoms with Crippen molar-refractivity contribution in [2.45, 2.75) is 4.90 Å². The van der Waals surface area contributed by atoms with E-state index in [-0.39, 0.29) is 10.5 Å². The van der Waals surface area contributed by atoms with Crippen LogP contribution in [0.3, 0.4) is 0 Å². The lowest BCUT2D eigenvalue weighted by Gasteiger charge is -2.34. The first-order valence-electron chi connectivity index (χ1n) is 9.12. The molecular formula is C20H19ClN4O3S. The quantitative estimate of drug-likeness (QED) is 0.635. The van der Waals surface area contributed by atoms with Crippen molar-refractivity contribution in [1.82, 2.24) is 14.1 Å². The maximum Gasteiger partial charge on any atom is 0.271 e. The second-order valence-electron chi connectivity index (χ2n) is 6.62. The predicted octanol–water partition coefficient (Wildman–Crippen LogP) is 2.40. The van der Waals surface area contributed by atoms with Crippen LogP contribution >= 0.6 is 11.6 Å². The minimum Gasteiger partial charge on any atom is -0.353 e. The molecular weight excluding hydrogens is 412 g/mol. The first kappa shape index (κ1) is 19.6. The van der Waals surface area contributed by atoms with Gasteiger partial charge in [-0.25, -0.2) is 8.42 Å². The lowest BCUT2D eigenvalue weighted by atomic mass is 10.3. The smallest absolute Gasteiger partial charge is 0.271 e. The fourth-order valence-corrected chi connectivity index (χ4v) is 4.79. The molecule has 3 aromatic rings. The molecule has 9 heteroatoms. The van der Waals surface area contributed by atoms with Crippen LogP contribution < -0.4 is 10.5 Å². The molecule has 7 nitrogen and oxygen atoms in total. The molecule has 0 atom stereocenters. The molecule has 0 saturated carbocycles. The van der Waals surface area contributed by atoms with Gasteiger partial charge in [0, 0.05) is 37.3 Å². The van der Waals surface area contributed by atoms with E-state index in [1.165, 1.54) is 27.2 Å². The van der Waals surface area contributed by atoms with Crippen LogP contribution in [0.5, 0.6) is 0 Å². The van der Waals surface area contributed by atoms with Gasteiger partial charge >= 0.3 is 0 Å². The monoisotopic (exact) mass is 430 g/mol. The summed E-state index contributed by atoms with van der Waals surface area (Å²) in [6.45, 7) is 1.62. The molecule has 0 unspecified atom stereocenters. The molecule has 2 aromatic carbocycles. The number of benzene rings is 2. The predicted molar refractivity (Wildman–Crippen MR) is 112 cm³/mol. The zero-order valence-electron chi connectivity index (χ0n) is 15.5. The topological polar surface area (TPSA) is 75.5 Å². The zero-order valence-corrected chi connectivity index (χ0v) is 17.1. The number of para-hydroxylation sites is 1. The molecule has 1 aliphatic rings. The van der Waals surface area contributed by atoms with Crippen LogP contribution in [0.1, 0.15) is 0 Å². The van der Waals surface area contributed by atoms with Gasteiger partial charge < -0.3 is 4.90 Å². The molecule has 0 spiro atoms. The maximum absolute atomic E-state index is 12.8. The Bertz CT molecular complexity index is 1160. The largest absolute Gasteiger partial charge is 0.353 e. The summed E-state index contributed by atoms with van der Waals surface area (Å²) in [6, 6.07) is 18.5. The fourth-order valence-electron chi connectivity index (χ4n) is 3.24. The fraction of sp³-hybridized carbons (Fsp3) is 0.200. The van der Waals surface area contributed by atoms with E-state index in [0.717, 1.165) is 0 Å². The van der Waals surface area contributed by atoms with Gasteiger partial charge in [-0.05, 0) is 42.5 Å². The van der Waals surface area contributed by atoms with Crippen LogP contribution in [0.25, 0.3) is 5.69 Å². The van der Waals surface area contributed by atoms with Crippen LogP contribution in [0.15, 0.2) is 76.4 Å². The molecule has 2 heterocycles. The van der Waals surface area contributed by atoms with Gasteiger partial charge in [-0.2, -0.15) is 8.99 Å². The van der Waals surface area contributed by atoms with Crippen molar-refractivity contribution in [3.05, 3.63) is 82.1 Å². The SMILES string of the molecule is O=c1ccc(N2CCN(S(=O)(=O)c3ccc(Cl)cc3)CC2)nn1-c1ccccc1. The Labute approximate surface area is 173 Å². The van der Waals surface area contributed by atoms with Gasteiger partial charge in [0.1, 0.15) is 5.82 Å². The lowest BCUT2D eigenvalue weighted by Crippen LogP contribution is -2.49. The van der Waals surface area contributed by atoms with E-state index in [4.69, 9.17) is 11.6 Å². The van der Waals surface area contributed by atoms with E-state index in [1.807, 2.05) is 35.2 Å². The highest BCUT2D eigenvalue weighted by Gasteiger charge is 2.29. The molecule has 29 heavy (non-hydrogen) atoms. The van der Waals surface area contributed by atoms with E-state index in [9.17, 15) is 13.2 Å². The molecule has 150 valence electrons. The number of anilines is 1. The molecule has 1 aromatic heterocycles. The van der Waals surface area contributed by atoms with Crippen LogP contribution in [0.2, 0.25) is 5.02 Å². The summed E-state index contributed by atoms with van der Waals surface area (Å²) in [5, 5.41) is 4.96. The summed E-state index contributed by atoms with van der Waals surface area (Å²) >= 11 is 5.86. The number of hydrogen-bond donors (Lipinski definition) is 0. The average Bonchev–Trinajstić information content (AvgIpc) is 2.75. The van der Waals surface area contributed by atoms with Gasteiger partial charge in [-0.3, -0.25) is 4.79 Å². The van der Waals surface area contributed by atoms with Gasteiger partial charge in [0.25, 0.3) is 5.56 Å². The first-order chi connectivity index (χ1) is 13.9. The molecule has 4 rings (SSSR count). The normalized spacial score (nSPS) is 15.4. The minimum atomic E-state index is -3.57. The van der Waals surface area contributed by atoms with E-state index in [0.29, 0.717) is 42.7 Å². The number of aromatic nitrogens is 2. The third kappa shape index (κ3) is 4.05. The Balaban J connectivity index is 1.52. The molecule has 1 saturated heterocycles. The van der Waals surface area contributed by atoms with Gasteiger partial charge in [0.2, 0.25) is 10.0 Å². The zero-order chi connectivity index (χ0) is 20.4. The van der Waals surface area contributed by atoms with Gasteiger partial charge in [0.15, 0.2) is 0 Å². The Morgan fingerprint density at radius 3 is 2.14 bits per heavy atom.